The van der Waals surface area contributed by atoms with Gasteiger partial charge in [0.25, 0.3) is 0 Å². The van der Waals surface area contributed by atoms with E-state index < -0.39 is 0 Å². The van der Waals surface area contributed by atoms with Gasteiger partial charge in [-0.1, -0.05) is 13.2 Å². The minimum atomic E-state index is -0.208. The molecule has 0 unspecified atom stereocenters. The molecule has 0 bridgehead atoms. The minimum Gasteiger partial charge on any atom is -0.468 e. The molecule has 0 aliphatic carbocycles. The van der Waals surface area contributed by atoms with Gasteiger partial charge in [0, 0.05) is 0 Å². The number of hydrogen-bond acceptors (Lipinski definition) is 3. The first-order valence-electron chi connectivity index (χ1n) is 3.42. The second kappa shape index (κ2) is 3.34. The highest BCUT2D eigenvalue weighted by atomic mass is 16.5. The van der Waals surface area contributed by atoms with Crippen molar-refractivity contribution in [3.05, 3.63) is 25.3 Å². The van der Waals surface area contributed by atoms with Crippen LogP contribution in [-0.2, 0) is 4.74 Å². The van der Waals surface area contributed by atoms with Crippen LogP contribution in [0.1, 0.15) is 0 Å². The van der Waals surface area contributed by atoms with E-state index in [0.717, 1.165) is 0 Å². The zero-order valence-corrected chi connectivity index (χ0v) is 6.23. The molecule has 1 aliphatic rings. The first kappa shape index (κ1) is 8.01. The largest absolute Gasteiger partial charge is 0.468 e. The topological polar surface area (TPSA) is 41.8 Å². The van der Waals surface area contributed by atoms with Gasteiger partial charge in [0.1, 0.15) is 12.1 Å². The van der Waals surface area contributed by atoms with Gasteiger partial charge in [0.05, 0.1) is 6.61 Å². The molecular formula is C8H11NO2. The summed E-state index contributed by atoms with van der Waals surface area (Å²) in [5.74, 6) is 0.481. The molecule has 1 aliphatic heterocycles. The highest BCUT2D eigenvalue weighted by Crippen LogP contribution is 2.14. The predicted octanol–water partition coefficient (Wildman–Crippen LogP) is 0.517. The molecule has 0 aromatic rings. The van der Waals surface area contributed by atoms with E-state index in [-0.39, 0.29) is 18.8 Å². The summed E-state index contributed by atoms with van der Waals surface area (Å²) >= 11 is 0. The Kier molecular flexibility index (Phi) is 2.44. The number of hydrogen-bond donors (Lipinski definition) is 1. The monoisotopic (exact) mass is 153 g/mol. The van der Waals surface area contributed by atoms with Gasteiger partial charge in [-0.15, -0.1) is 0 Å². The van der Waals surface area contributed by atoms with Crippen molar-refractivity contribution in [2.45, 2.75) is 12.1 Å². The smallest absolute Gasteiger partial charge is 0.209 e. The molecule has 1 N–H and O–H groups in total. The SMILES string of the molecule is C=CC1=N[C@@H](CO)[C@H](C=C)O1. The molecule has 60 valence electrons. The van der Waals surface area contributed by atoms with Crippen LogP contribution in [0.2, 0.25) is 0 Å². The molecule has 0 saturated heterocycles. The average Bonchev–Trinajstić information content (AvgIpc) is 2.46. The van der Waals surface area contributed by atoms with Crippen LogP contribution >= 0.6 is 0 Å². The van der Waals surface area contributed by atoms with E-state index >= 15 is 0 Å². The lowest BCUT2D eigenvalue weighted by molar-refractivity contribution is 0.185. The molecule has 0 spiro atoms. The molecule has 11 heavy (non-hydrogen) atoms. The van der Waals surface area contributed by atoms with Crippen molar-refractivity contribution in [3.8, 4) is 0 Å². The van der Waals surface area contributed by atoms with Crippen LogP contribution in [0.4, 0.5) is 0 Å². The maximum absolute atomic E-state index is 8.81. The standard InChI is InChI=1S/C8H11NO2/c1-3-7-6(5-10)9-8(4-2)11-7/h3-4,6-7,10H,1-2,5H2/t6-,7-/m0/s1. The Labute approximate surface area is 65.7 Å². The van der Waals surface area contributed by atoms with Gasteiger partial charge >= 0.3 is 0 Å². The molecule has 0 aromatic heterocycles. The molecule has 3 nitrogen and oxygen atoms in total. The minimum absolute atomic E-state index is 0.0198. The lowest BCUT2D eigenvalue weighted by Crippen LogP contribution is -2.22. The summed E-state index contributed by atoms with van der Waals surface area (Å²) < 4.78 is 5.22. The predicted molar refractivity (Wildman–Crippen MR) is 43.6 cm³/mol. The van der Waals surface area contributed by atoms with E-state index in [1.54, 1.807) is 6.08 Å². The summed E-state index contributed by atoms with van der Waals surface area (Å²) in [6, 6.07) is -0.208. The number of ether oxygens (including phenoxy) is 1. The Balaban J connectivity index is 2.67. The van der Waals surface area contributed by atoms with E-state index in [4.69, 9.17) is 9.84 Å². The normalized spacial score (nSPS) is 29.0. The van der Waals surface area contributed by atoms with Crippen molar-refractivity contribution < 1.29 is 9.84 Å². The van der Waals surface area contributed by atoms with Crippen molar-refractivity contribution in [3.63, 3.8) is 0 Å². The number of nitrogens with zero attached hydrogens (tertiary/aromatic N) is 1. The lowest BCUT2D eigenvalue weighted by Gasteiger charge is -2.09. The van der Waals surface area contributed by atoms with E-state index in [2.05, 4.69) is 18.2 Å². The summed E-state index contributed by atoms with van der Waals surface area (Å²) in [6.45, 7) is 7.05. The van der Waals surface area contributed by atoms with Gasteiger partial charge in [-0.2, -0.15) is 0 Å². The number of rotatable bonds is 3. The zero-order valence-electron chi connectivity index (χ0n) is 6.23. The summed E-state index contributed by atoms with van der Waals surface area (Å²) in [5.41, 5.74) is 0. The fraction of sp³-hybridized carbons (Fsp3) is 0.375. The van der Waals surface area contributed by atoms with Crippen LogP contribution < -0.4 is 0 Å². The zero-order chi connectivity index (χ0) is 8.27. The molecule has 2 atom stereocenters. The van der Waals surface area contributed by atoms with Crippen molar-refractivity contribution in [1.82, 2.24) is 0 Å². The molecule has 1 heterocycles. The van der Waals surface area contributed by atoms with Gasteiger partial charge in [-0.3, -0.25) is 0 Å². The third-order valence-corrected chi connectivity index (χ3v) is 1.52. The van der Waals surface area contributed by atoms with Gasteiger partial charge < -0.3 is 9.84 Å². The van der Waals surface area contributed by atoms with Gasteiger partial charge in [0.2, 0.25) is 5.90 Å². The third-order valence-electron chi connectivity index (χ3n) is 1.52. The van der Waals surface area contributed by atoms with Crippen molar-refractivity contribution >= 4 is 5.90 Å². The van der Waals surface area contributed by atoms with Gasteiger partial charge in [-0.05, 0) is 12.2 Å². The summed E-state index contributed by atoms with van der Waals surface area (Å²) in [7, 11) is 0. The maximum atomic E-state index is 8.81. The van der Waals surface area contributed by atoms with Crippen molar-refractivity contribution in [2.75, 3.05) is 6.61 Å². The first-order valence-corrected chi connectivity index (χ1v) is 3.42. The number of aliphatic imine (C=N–C) groups is 1. The van der Waals surface area contributed by atoms with Gasteiger partial charge in [-0.25, -0.2) is 4.99 Å². The quantitative estimate of drug-likeness (QED) is 0.600. The van der Waals surface area contributed by atoms with Crippen LogP contribution in [0.5, 0.6) is 0 Å². The Morgan fingerprint density at radius 2 is 2.36 bits per heavy atom. The van der Waals surface area contributed by atoms with Crippen molar-refractivity contribution in [1.29, 1.82) is 0 Å². The van der Waals surface area contributed by atoms with Crippen molar-refractivity contribution in [2.24, 2.45) is 4.99 Å². The molecule has 0 saturated carbocycles. The highest BCUT2D eigenvalue weighted by molar-refractivity contribution is 5.88. The number of aliphatic hydroxyl groups excluding tert-OH is 1. The van der Waals surface area contributed by atoms with E-state index in [1.807, 2.05) is 0 Å². The molecule has 0 amide bonds. The summed E-state index contributed by atoms with van der Waals surface area (Å²) in [5, 5.41) is 8.81. The molecule has 0 fully saturated rings. The van der Waals surface area contributed by atoms with Crippen LogP contribution in [0.25, 0.3) is 0 Å². The molecule has 3 heteroatoms. The Bertz CT molecular complexity index is 198. The van der Waals surface area contributed by atoms with E-state index in [0.29, 0.717) is 5.90 Å². The van der Waals surface area contributed by atoms with Gasteiger partial charge in [0.15, 0.2) is 0 Å². The first-order chi connectivity index (χ1) is 5.31. The van der Waals surface area contributed by atoms with E-state index in [1.165, 1.54) is 6.08 Å². The highest BCUT2D eigenvalue weighted by Gasteiger charge is 2.25. The van der Waals surface area contributed by atoms with Crippen LogP contribution in [0.3, 0.4) is 0 Å². The Morgan fingerprint density at radius 1 is 1.64 bits per heavy atom. The molecule has 0 aromatic carbocycles. The summed E-state index contributed by atoms with van der Waals surface area (Å²) in [6.07, 6.45) is 2.94. The third kappa shape index (κ3) is 1.49. The molecular weight excluding hydrogens is 142 g/mol. The number of aliphatic hydroxyl groups is 1. The Morgan fingerprint density at radius 3 is 2.73 bits per heavy atom. The van der Waals surface area contributed by atoms with Crippen LogP contribution in [-0.4, -0.2) is 29.8 Å². The second-order valence-electron chi connectivity index (χ2n) is 2.24. The second-order valence-corrected chi connectivity index (χ2v) is 2.24. The molecule has 1 rings (SSSR count). The maximum Gasteiger partial charge on any atom is 0.209 e. The lowest BCUT2D eigenvalue weighted by atomic mass is 10.2. The summed E-state index contributed by atoms with van der Waals surface area (Å²) in [4.78, 5) is 4.03. The van der Waals surface area contributed by atoms with E-state index in [9.17, 15) is 0 Å². The van der Waals surface area contributed by atoms with Crippen LogP contribution in [0, 0.1) is 0 Å². The fourth-order valence-electron chi connectivity index (χ4n) is 0.936. The average molecular weight is 153 g/mol. The fourth-order valence-corrected chi connectivity index (χ4v) is 0.936. The van der Waals surface area contributed by atoms with Crippen LogP contribution in [0.15, 0.2) is 30.3 Å². The Hall–Kier alpha value is -1.09. The molecule has 0 radical (unpaired) electrons.